The molecule has 0 atom stereocenters. The van der Waals surface area contributed by atoms with Gasteiger partial charge in [-0.2, -0.15) is 0 Å². The molecule has 0 fully saturated rings. The van der Waals surface area contributed by atoms with Gasteiger partial charge in [0.05, 0.1) is 24.7 Å². The van der Waals surface area contributed by atoms with Crippen LogP contribution in [0.3, 0.4) is 0 Å². The predicted octanol–water partition coefficient (Wildman–Crippen LogP) is 6.23. The summed E-state index contributed by atoms with van der Waals surface area (Å²) in [4.78, 5) is 23.8. The Labute approximate surface area is 200 Å². The number of nitro groups is 1. The van der Waals surface area contributed by atoms with Crippen molar-refractivity contribution < 1.29 is 24.3 Å². The van der Waals surface area contributed by atoms with Crippen molar-refractivity contribution in [2.45, 2.75) is 40.5 Å². The minimum Gasteiger partial charge on any atom is -0.507 e. The summed E-state index contributed by atoms with van der Waals surface area (Å²) in [5.74, 6) is 0.133. The molecule has 1 N–H and O–H groups in total. The molecule has 2 aromatic carbocycles. The zero-order valence-corrected chi connectivity index (χ0v) is 20.5. The van der Waals surface area contributed by atoms with Crippen molar-refractivity contribution in [2.75, 3.05) is 14.2 Å². The Kier molecular flexibility index (Phi) is 9.18. The van der Waals surface area contributed by atoms with Gasteiger partial charge in [-0.05, 0) is 69.9 Å². The lowest BCUT2D eigenvalue weighted by molar-refractivity contribution is -0.385. The molecule has 0 saturated heterocycles. The SMILES string of the molecule is COc1ccc(/C=C/C(=O)c2cc(CC=C(C)C)c(OC)c(CC=C(C)C)c2O)cc1[N+](=O)[O-]. The van der Waals surface area contributed by atoms with Crippen LogP contribution in [-0.2, 0) is 12.8 Å². The topological polar surface area (TPSA) is 98.9 Å². The Morgan fingerprint density at radius 1 is 1.03 bits per heavy atom. The average molecular weight is 466 g/mol. The first-order valence-corrected chi connectivity index (χ1v) is 10.8. The van der Waals surface area contributed by atoms with E-state index in [1.165, 1.54) is 31.4 Å². The van der Waals surface area contributed by atoms with Crippen molar-refractivity contribution in [3.8, 4) is 17.2 Å². The molecule has 7 nitrogen and oxygen atoms in total. The maximum atomic E-state index is 13.1. The molecule has 34 heavy (non-hydrogen) atoms. The summed E-state index contributed by atoms with van der Waals surface area (Å²) in [6, 6.07) is 6.06. The molecule has 2 rings (SSSR count). The summed E-state index contributed by atoms with van der Waals surface area (Å²) in [7, 11) is 2.90. The number of aromatic hydroxyl groups is 1. The van der Waals surface area contributed by atoms with Crippen LogP contribution in [0.15, 0.2) is 53.6 Å². The van der Waals surface area contributed by atoms with Gasteiger partial charge in [0.1, 0.15) is 11.5 Å². The van der Waals surface area contributed by atoms with Crippen molar-refractivity contribution >= 4 is 17.5 Å². The monoisotopic (exact) mass is 465 g/mol. The van der Waals surface area contributed by atoms with Crippen LogP contribution < -0.4 is 9.47 Å². The van der Waals surface area contributed by atoms with Gasteiger partial charge in [0.2, 0.25) is 0 Å². The molecule has 180 valence electrons. The van der Waals surface area contributed by atoms with Gasteiger partial charge in [-0.25, -0.2) is 0 Å². The summed E-state index contributed by atoms with van der Waals surface area (Å²) < 4.78 is 10.6. The molecule has 0 aliphatic rings. The van der Waals surface area contributed by atoms with Crippen LogP contribution >= 0.6 is 0 Å². The smallest absolute Gasteiger partial charge is 0.311 e. The minimum atomic E-state index is -0.543. The number of phenols is 1. The Morgan fingerprint density at radius 3 is 2.24 bits per heavy atom. The highest BCUT2D eigenvalue weighted by atomic mass is 16.6. The van der Waals surface area contributed by atoms with Gasteiger partial charge in [0.25, 0.3) is 0 Å². The highest BCUT2D eigenvalue weighted by Gasteiger charge is 2.21. The van der Waals surface area contributed by atoms with Crippen LogP contribution in [0.2, 0.25) is 0 Å². The number of ether oxygens (including phenoxy) is 2. The van der Waals surface area contributed by atoms with Gasteiger partial charge in [-0.3, -0.25) is 14.9 Å². The lowest BCUT2D eigenvalue weighted by Crippen LogP contribution is -2.04. The Morgan fingerprint density at radius 2 is 1.68 bits per heavy atom. The molecule has 0 radical (unpaired) electrons. The van der Waals surface area contributed by atoms with Crippen molar-refractivity contribution in [3.05, 3.63) is 86.0 Å². The quantitative estimate of drug-likeness (QED) is 0.147. The van der Waals surface area contributed by atoms with Gasteiger partial charge < -0.3 is 14.6 Å². The lowest BCUT2D eigenvalue weighted by Gasteiger charge is -2.16. The molecule has 0 aliphatic carbocycles. The number of carbonyl (C=O) groups excluding carboxylic acids is 1. The maximum Gasteiger partial charge on any atom is 0.311 e. The molecule has 0 heterocycles. The van der Waals surface area contributed by atoms with Crippen LogP contribution in [0.1, 0.15) is 54.7 Å². The van der Waals surface area contributed by atoms with Crippen LogP contribution in [0.4, 0.5) is 5.69 Å². The number of methoxy groups -OCH3 is 2. The molecule has 0 saturated carbocycles. The maximum absolute atomic E-state index is 13.1. The Balaban J connectivity index is 2.55. The van der Waals surface area contributed by atoms with E-state index in [9.17, 15) is 20.0 Å². The summed E-state index contributed by atoms with van der Waals surface area (Å²) in [5, 5.41) is 22.3. The number of phenolic OH excluding ortho intramolecular Hbond substituents is 1. The van der Waals surface area contributed by atoms with E-state index in [-0.39, 0.29) is 22.7 Å². The van der Waals surface area contributed by atoms with E-state index in [2.05, 4.69) is 0 Å². The van der Waals surface area contributed by atoms with Crippen LogP contribution in [0.25, 0.3) is 6.08 Å². The van der Waals surface area contributed by atoms with Gasteiger partial charge >= 0.3 is 5.69 Å². The van der Waals surface area contributed by atoms with E-state index >= 15 is 0 Å². The van der Waals surface area contributed by atoms with Gasteiger partial charge in [-0.1, -0.05) is 35.4 Å². The second kappa shape index (κ2) is 11.8. The van der Waals surface area contributed by atoms with E-state index in [4.69, 9.17) is 9.47 Å². The molecule has 0 aromatic heterocycles. The van der Waals surface area contributed by atoms with E-state index in [1.807, 2.05) is 39.8 Å². The van der Waals surface area contributed by atoms with Gasteiger partial charge in [0.15, 0.2) is 11.5 Å². The molecule has 0 bridgehead atoms. The van der Waals surface area contributed by atoms with E-state index in [1.54, 1.807) is 19.2 Å². The molecule has 0 spiro atoms. The number of carbonyl (C=O) groups is 1. The fraction of sp³-hybridized carbons (Fsp3) is 0.296. The van der Waals surface area contributed by atoms with E-state index in [0.29, 0.717) is 29.7 Å². The van der Waals surface area contributed by atoms with Crippen molar-refractivity contribution in [3.63, 3.8) is 0 Å². The highest BCUT2D eigenvalue weighted by Crippen LogP contribution is 2.37. The Hall–Kier alpha value is -3.87. The molecule has 0 amide bonds. The summed E-state index contributed by atoms with van der Waals surface area (Å²) in [6.07, 6.45) is 7.71. The fourth-order valence-electron chi connectivity index (χ4n) is 3.39. The second-order valence-corrected chi connectivity index (χ2v) is 8.30. The largest absolute Gasteiger partial charge is 0.507 e. The normalized spacial score (nSPS) is 10.6. The highest BCUT2D eigenvalue weighted by molar-refractivity contribution is 6.09. The van der Waals surface area contributed by atoms with Crippen LogP contribution in [0.5, 0.6) is 17.2 Å². The molecule has 0 unspecified atom stereocenters. The number of hydrogen-bond donors (Lipinski definition) is 1. The number of rotatable bonds is 10. The molecule has 2 aromatic rings. The molecule has 7 heteroatoms. The number of nitrogens with zero attached hydrogens (tertiary/aromatic N) is 1. The summed E-state index contributed by atoms with van der Waals surface area (Å²) >= 11 is 0. The molecular weight excluding hydrogens is 434 g/mol. The molecular formula is C27H31NO6. The van der Waals surface area contributed by atoms with E-state index < -0.39 is 10.7 Å². The summed E-state index contributed by atoms with van der Waals surface area (Å²) in [5.41, 5.74) is 3.94. The first-order valence-electron chi connectivity index (χ1n) is 10.8. The zero-order chi connectivity index (χ0) is 25.4. The third-order valence-corrected chi connectivity index (χ3v) is 5.17. The van der Waals surface area contributed by atoms with Gasteiger partial charge in [0, 0.05) is 11.6 Å². The first-order chi connectivity index (χ1) is 16.1. The van der Waals surface area contributed by atoms with Crippen LogP contribution in [0, 0.1) is 10.1 Å². The number of ketones is 1. The Bertz CT molecular complexity index is 1170. The lowest BCUT2D eigenvalue weighted by atomic mass is 9.94. The summed E-state index contributed by atoms with van der Waals surface area (Å²) in [6.45, 7) is 7.89. The predicted molar refractivity (Wildman–Crippen MR) is 134 cm³/mol. The minimum absolute atomic E-state index is 0.133. The fourth-order valence-corrected chi connectivity index (χ4v) is 3.39. The first kappa shape index (κ1) is 26.4. The van der Waals surface area contributed by atoms with E-state index in [0.717, 1.165) is 16.7 Å². The standard InChI is InChI=1S/C27H31NO6/c1-17(2)7-11-20-16-22(26(30)21(27(20)34-6)12-8-18(3)4)24(29)13-9-19-10-14-25(33-5)23(15-19)28(31)32/h7-10,13-16,30H,11-12H2,1-6H3/b13-9+. The third kappa shape index (κ3) is 6.57. The molecule has 0 aliphatic heterocycles. The van der Waals surface area contributed by atoms with Crippen molar-refractivity contribution in [1.29, 1.82) is 0 Å². The zero-order valence-electron chi connectivity index (χ0n) is 20.5. The third-order valence-electron chi connectivity index (χ3n) is 5.17. The van der Waals surface area contributed by atoms with Crippen molar-refractivity contribution in [2.24, 2.45) is 0 Å². The number of hydrogen-bond acceptors (Lipinski definition) is 6. The average Bonchev–Trinajstić information content (AvgIpc) is 2.79. The van der Waals surface area contributed by atoms with Crippen LogP contribution in [-0.4, -0.2) is 30.0 Å². The van der Waals surface area contributed by atoms with Crippen molar-refractivity contribution in [1.82, 2.24) is 0 Å². The number of nitro benzene ring substituents is 1. The second-order valence-electron chi connectivity index (χ2n) is 8.30. The number of benzene rings is 2. The van der Waals surface area contributed by atoms with Gasteiger partial charge in [-0.15, -0.1) is 0 Å². The number of allylic oxidation sites excluding steroid dienone is 5.